The maximum atomic E-state index is 14.0. The number of ether oxygens (including phenoxy) is 2. The van der Waals surface area contributed by atoms with Gasteiger partial charge in [-0.3, -0.25) is 14.5 Å². The lowest BCUT2D eigenvalue weighted by Gasteiger charge is -2.41. The Bertz CT molecular complexity index is 1350. The molecule has 0 saturated heterocycles. The summed E-state index contributed by atoms with van der Waals surface area (Å²) in [6.45, 7) is 1.03. The third-order valence-corrected chi connectivity index (χ3v) is 7.57. The lowest BCUT2D eigenvalue weighted by atomic mass is 9.79. The van der Waals surface area contributed by atoms with E-state index in [9.17, 15) is 19.8 Å². The number of carbonyl (C=O) groups is 2. The van der Waals surface area contributed by atoms with Crippen LogP contribution >= 0.6 is 0 Å². The Balaban J connectivity index is 1.51. The van der Waals surface area contributed by atoms with Gasteiger partial charge in [0.05, 0.1) is 6.04 Å². The van der Waals surface area contributed by atoms with Crippen LogP contribution in [0.1, 0.15) is 51.0 Å². The normalized spacial score (nSPS) is 22.5. The minimum absolute atomic E-state index is 0.162. The maximum absolute atomic E-state index is 14.0. The lowest BCUT2D eigenvalue weighted by molar-refractivity contribution is -0.139. The summed E-state index contributed by atoms with van der Waals surface area (Å²) in [4.78, 5) is 28.4. The molecule has 3 aromatic carbocycles. The third-order valence-electron chi connectivity index (χ3n) is 7.57. The van der Waals surface area contributed by atoms with Crippen molar-refractivity contribution in [3.05, 3.63) is 88.5 Å². The molecular formula is C29H27NO6. The van der Waals surface area contributed by atoms with Crippen LogP contribution in [0, 0.1) is 5.92 Å². The highest BCUT2D eigenvalue weighted by Crippen LogP contribution is 2.47. The number of amides is 1. The number of nitrogens with zero attached hydrogens (tertiary/aromatic N) is 1. The number of carboxylic acids is 1. The molecule has 184 valence electrons. The van der Waals surface area contributed by atoms with Crippen LogP contribution in [0.5, 0.6) is 11.5 Å². The summed E-state index contributed by atoms with van der Waals surface area (Å²) in [7, 11) is 0. The SMILES string of the molecule is O=C(O)[C@@H]1c2ccccc2C(=O)N(c2ccc3c(c2)CC[C@H](CO)C3)[C@H]1c1ccc2c(c1)OCCO2. The van der Waals surface area contributed by atoms with Gasteiger partial charge in [0.25, 0.3) is 5.91 Å². The molecule has 6 rings (SSSR count). The summed E-state index contributed by atoms with van der Waals surface area (Å²) in [5.41, 5.74) is 4.55. The second-order valence-electron chi connectivity index (χ2n) is 9.67. The van der Waals surface area contributed by atoms with Crippen LogP contribution in [0.4, 0.5) is 5.69 Å². The number of aliphatic hydroxyl groups excluding tert-OH is 1. The van der Waals surface area contributed by atoms with E-state index in [1.807, 2.05) is 24.3 Å². The molecule has 0 fully saturated rings. The Morgan fingerprint density at radius 1 is 0.972 bits per heavy atom. The van der Waals surface area contributed by atoms with Crippen LogP contribution in [0.2, 0.25) is 0 Å². The Hall–Kier alpha value is -3.84. The molecular weight excluding hydrogens is 458 g/mol. The van der Waals surface area contributed by atoms with E-state index in [4.69, 9.17) is 9.47 Å². The number of benzene rings is 3. The fraction of sp³-hybridized carbons (Fsp3) is 0.310. The smallest absolute Gasteiger partial charge is 0.313 e. The molecule has 7 heteroatoms. The Labute approximate surface area is 208 Å². The largest absolute Gasteiger partial charge is 0.486 e. The standard InChI is InChI=1S/C29H27NO6/c31-16-17-5-6-19-14-21(9-7-18(19)13-17)30-27(20-8-10-24-25(15-20)36-12-11-35-24)26(29(33)34)22-3-1-2-4-23(22)28(30)32/h1-4,7-10,14-15,17,26-27,31H,5-6,11-13,16H2,(H,33,34)/t17-,26+,27-/m0/s1. The van der Waals surface area contributed by atoms with Crippen molar-refractivity contribution in [2.24, 2.45) is 5.92 Å². The van der Waals surface area contributed by atoms with E-state index in [0.29, 0.717) is 47.1 Å². The van der Waals surface area contributed by atoms with Crippen molar-refractivity contribution >= 4 is 17.6 Å². The molecule has 2 aliphatic heterocycles. The van der Waals surface area contributed by atoms with E-state index in [2.05, 4.69) is 0 Å². The molecule has 0 unspecified atom stereocenters. The van der Waals surface area contributed by atoms with Gasteiger partial charge in [0.1, 0.15) is 19.1 Å². The maximum Gasteiger partial charge on any atom is 0.313 e. The summed E-state index contributed by atoms with van der Waals surface area (Å²) in [6.07, 6.45) is 2.49. The number of fused-ring (bicyclic) bond motifs is 3. The Kier molecular flexibility index (Phi) is 5.64. The summed E-state index contributed by atoms with van der Waals surface area (Å²) >= 11 is 0. The molecule has 0 saturated carbocycles. The lowest BCUT2D eigenvalue weighted by Crippen LogP contribution is -2.45. The van der Waals surface area contributed by atoms with Gasteiger partial charge in [0.15, 0.2) is 11.5 Å². The number of carboxylic acid groups (broad SMARTS) is 1. The number of aryl methyl sites for hydroxylation is 1. The first-order valence-electron chi connectivity index (χ1n) is 12.3. The van der Waals surface area contributed by atoms with Gasteiger partial charge in [-0.1, -0.05) is 30.3 Å². The van der Waals surface area contributed by atoms with Gasteiger partial charge >= 0.3 is 5.97 Å². The number of carbonyl (C=O) groups excluding carboxylic acids is 1. The number of aliphatic carboxylic acids is 1. The minimum atomic E-state index is -0.997. The van der Waals surface area contributed by atoms with Crippen LogP contribution in [0.3, 0.4) is 0 Å². The van der Waals surface area contributed by atoms with Gasteiger partial charge < -0.3 is 19.7 Å². The van der Waals surface area contributed by atoms with Crippen molar-refractivity contribution in [3.63, 3.8) is 0 Å². The van der Waals surface area contributed by atoms with Crippen molar-refractivity contribution in [1.29, 1.82) is 0 Å². The number of rotatable bonds is 4. The van der Waals surface area contributed by atoms with Gasteiger partial charge in [-0.15, -0.1) is 0 Å². The first-order chi connectivity index (χ1) is 17.5. The first kappa shape index (κ1) is 22.6. The predicted molar refractivity (Wildman–Crippen MR) is 133 cm³/mol. The Morgan fingerprint density at radius 3 is 2.58 bits per heavy atom. The van der Waals surface area contributed by atoms with Gasteiger partial charge in [0.2, 0.25) is 0 Å². The molecule has 0 radical (unpaired) electrons. The van der Waals surface area contributed by atoms with Crippen molar-refractivity contribution in [2.45, 2.75) is 31.2 Å². The first-order valence-corrected chi connectivity index (χ1v) is 12.3. The van der Waals surface area contributed by atoms with Gasteiger partial charge in [-0.05, 0) is 77.8 Å². The third kappa shape index (κ3) is 3.71. The molecule has 36 heavy (non-hydrogen) atoms. The molecule has 2 heterocycles. The number of anilines is 1. The van der Waals surface area contributed by atoms with Crippen LogP contribution in [-0.2, 0) is 17.6 Å². The van der Waals surface area contributed by atoms with E-state index in [1.165, 1.54) is 5.56 Å². The summed E-state index contributed by atoms with van der Waals surface area (Å²) < 4.78 is 11.5. The molecule has 3 atom stereocenters. The predicted octanol–water partition coefficient (Wildman–Crippen LogP) is 4.12. The molecule has 3 aromatic rings. The topological polar surface area (TPSA) is 96.3 Å². The molecule has 1 amide bonds. The van der Waals surface area contributed by atoms with E-state index < -0.39 is 17.9 Å². The zero-order chi connectivity index (χ0) is 24.8. The van der Waals surface area contributed by atoms with E-state index in [0.717, 1.165) is 24.8 Å². The summed E-state index contributed by atoms with van der Waals surface area (Å²) in [5.74, 6) is -0.784. The van der Waals surface area contributed by atoms with E-state index in [-0.39, 0.29) is 18.4 Å². The molecule has 1 aliphatic carbocycles. The highest BCUT2D eigenvalue weighted by Gasteiger charge is 2.45. The van der Waals surface area contributed by atoms with Crippen LogP contribution in [-0.4, -0.2) is 41.9 Å². The van der Waals surface area contributed by atoms with Crippen molar-refractivity contribution in [3.8, 4) is 11.5 Å². The molecule has 0 aromatic heterocycles. The van der Waals surface area contributed by atoms with E-state index in [1.54, 1.807) is 41.3 Å². The van der Waals surface area contributed by atoms with Crippen LogP contribution in [0.25, 0.3) is 0 Å². The number of aliphatic hydroxyl groups is 1. The number of hydrogen-bond donors (Lipinski definition) is 2. The fourth-order valence-corrected chi connectivity index (χ4v) is 5.79. The molecule has 0 spiro atoms. The van der Waals surface area contributed by atoms with E-state index >= 15 is 0 Å². The molecule has 0 bridgehead atoms. The molecule has 2 N–H and O–H groups in total. The molecule has 7 nitrogen and oxygen atoms in total. The Morgan fingerprint density at radius 2 is 1.78 bits per heavy atom. The molecule has 3 aliphatic rings. The summed E-state index contributed by atoms with van der Waals surface area (Å²) in [5, 5.41) is 20.0. The zero-order valence-corrected chi connectivity index (χ0v) is 19.7. The highest BCUT2D eigenvalue weighted by atomic mass is 16.6. The van der Waals surface area contributed by atoms with Gasteiger partial charge in [-0.2, -0.15) is 0 Å². The summed E-state index contributed by atoms with van der Waals surface area (Å²) in [6, 6.07) is 17.5. The monoisotopic (exact) mass is 485 g/mol. The minimum Gasteiger partial charge on any atom is -0.486 e. The van der Waals surface area contributed by atoms with Crippen LogP contribution < -0.4 is 14.4 Å². The fourth-order valence-electron chi connectivity index (χ4n) is 5.79. The van der Waals surface area contributed by atoms with Crippen molar-refractivity contribution in [1.82, 2.24) is 0 Å². The zero-order valence-electron chi connectivity index (χ0n) is 19.7. The average molecular weight is 486 g/mol. The van der Waals surface area contributed by atoms with Gasteiger partial charge in [0, 0.05) is 17.9 Å². The van der Waals surface area contributed by atoms with Gasteiger partial charge in [-0.25, -0.2) is 0 Å². The second-order valence-corrected chi connectivity index (χ2v) is 9.67. The average Bonchev–Trinajstić information content (AvgIpc) is 2.92. The van der Waals surface area contributed by atoms with Crippen LogP contribution in [0.15, 0.2) is 60.7 Å². The van der Waals surface area contributed by atoms with Crippen molar-refractivity contribution < 1.29 is 29.3 Å². The highest BCUT2D eigenvalue weighted by molar-refractivity contribution is 6.11. The quantitative estimate of drug-likeness (QED) is 0.577. The number of hydrogen-bond acceptors (Lipinski definition) is 5. The second kappa shape index (κ2) is 8.99. The van der Waals surface area contributed by atoms with Crippen molar-refractivity contribution in [2.75, 3.05) is 24.7 Å².